The number of allylic oxidation sites excluding steroid dienone is 5. The molecule has 0 saturated carbocycles. The molecule has 0 fully saturated rings. The third kappa shape index (κ3) is 37.1. The Balaban J connectivity index is 3.97. The Morgan fingerprint density at radius 1 is 0.654 bits per heavy atom. The van der Waals surface area contributed by atoms with E-state index in [2.05, 4.69) is 36.5 Å². The summed E-state index contributed by atoms with van der Waals surface area (Å²) in [5.41, 5.74) is 0. The number of carbonyl (C=O) groups is 1. The second kappa shape index (κ2) is 35.4. The summed E-state index contributed by atoms with van der Waals surface area (Å²) in [7, 11) is 1.23. The maximum Gasteiger partial charge on any atom is 0.268 e. The van der Waals surface area contributed by atoms with Crippen LogP contribution in [0.15, 0.2) is 36.5 Å². The maximum atomic E-state index is 12.3. The molecule has 0 saturated heterocycles. The molecule has 0 aromatic rings. The van der Waals surface area contributed by atoms with Crippen LogP contribution >= 0.6 is 7.82 Å². The molecule has 9 heteroatoms. The molecule has 0 aromatic carbocycles. The Morgan fingerprint density at radius 2 is 1.08 bits per heavy atom. The van der Waals surface area contributed by atoms with E-state index in [-0.39, 0.29) is 12.5 Å². The van der Waals surface area contributed by atoms with Crippen LogP contribution in [-0.2, 0) is 18.4 Å². The number of amides is 1. The van der Waals surface area contributed by atoms with E-state index < -0.39 is 26.6 Å². The van der Waals surface area contributed by atoms with Crippen molar-refractivity contribution in [3.05, 3.63) is 36.5 Å². The number of aliphatic hydroxyl groups excluding tert-OH is 1. The number of unbranched alkanes of at least 4 members (excludes halogenated alkanes) is 21. The zero-order valence-corrected chi connectivity index (χ0v) is 35.4. The molecule has 1 amide bonds. The molecule has 0 rings (SSSR count). The molecule has 0 aliphatic carbocycles. The van der Waals surface area contributed by atoms with Crippen molar-refractivity contribution in [2.75, 3.05) is 40.9 Å². The molecule has 3 unspecified atom stereocenters. The lowest BCUT2D eigenvalue weighted by Crippen LogP contribution is -2.45. The number of rotatable bonds is 38. The first kappa shape index (κ1) is 50.7. The number of quaternary nitrogens is 1. The summed E-state index contributed by atoms with van der Waals surface area (Å²) in [4.78, 5) is 24.6. The van der Waals surface area contributed by atoms with E-state index in [0.29, 0.717) is 23.9 Å². The fourth-order valence-corrected chi connectivity index (χ4v) is 6.59. The molecule has 0 spiro atoms. The number of hydrogen-bond donors (Lipinski definition) is 2. The van der Waals surface area contributed by atoms with Crippen LogP contribution in [0.25, 0.3) is 0 Å². The summed E-state index contributed by atoms with van der Waals surface area (Å²) in [5, 5.41) is 13.4. The Kier molecular flexibility index (Phi) is 34.6. The smallest absolute Gasteiger partial charge is 0.268 e. The summed E-state index contributed by atoms with van der Waals surface area (Å²) in [6.45, 7) is 4.35. The Hall–Kier alpha value is -1.28. The molecule has 0 bridgehead atoms. The highest BCUT2D eigenvalue weighted by Gasteiger charge is 2.23. The van der Waals surface area contributed by atoms with Crippen LogP contribution < -0.4 is 10.2 Å². The minimum absolute atomic E-state index is 0.0102. The number of hydrogen-bond acceptors (Lipinski definition) is 6. The number of phosphoric ester groups is 1. The largest absolute Gasteiger partial charge is 0.756 e. The average molecular weight is 755 g/mol. The lowest BCUT2D eigenvalue weighted by molar-refractivity contribution is -0.870. The van der Waals surface area contributed by atoms with Crippen molar-refractivity contribution in [1.29, 1.82) is 0 Å². The van der Waals surface area contributed by atoms with Gasteiger partial charge in [-0.1, -0.05) is 166 Å². The van der Waals surface area contributed by atoms with E-state index in [1.165, 1.54) is 122 Å². The molecule has 0 aliphatic heterocycles. The van der Waals surface area contributed by atoms with Crippen molar-refractivity contribution in [1.82, 2.24) is 5.32 Å². The van der Waals surface area contributed by atoms with Gasteiger partial charge in [0.05, 0.1) is 39.9 Å². The number of nitrogens with zero attached hydrogens (tertiary/aromatic N) is 1. The van der Waals surface area contributed by atoms with Gasteiger partial charge in [0.15, 0.2) is 0 Å². The highest BCUT2D eigenvalue weighted by atomic mass is 31.2. The number of carbonyl (C=O) groups excluding carboxylic acids is 1. The molecule has 0 aliphatic rings. The molecule has 0 heterocycles. The molecule has 306 valence electrons. The Labute approximate surface area is 321 Å². The molecule has 0 aromatic heterocycles. The summed E-state index contributed by atoms with van der Waals surface area (Å²) < 4.78 is 22.8. The van der Waals surface area contributed by atoms with E-state index in [1.54, 1.807) is 6.08 Å². The predicted molar refractivity (Wildman–Crippen MR) is 219 cm³/mol. The lowest BCUT2D eigenvalue weighted by atomic mass is 10.0. The normalized spacial score (nSPS) is 14.8. The van der Waals surface area contributed by atoms with E-state index in [4.69, 9.17) is 9.05 Å². The first-order chi connectivity index (χ1) is 25.0. The van der Waals surface area contributed by atoms with Gasteiger partial charge in [-0.25, -0.2) is 0 Å². The zero-order chi connectivity index (χ0) is 38.6. The monoisotopic (exact) mass is 755 g/mol. The van der Waals surface area contributed by atoms with E-state index in [0.717, 1.165) is 32.1 Å². The molecule has 8 nitrogen and oxygen atoms in total. The quantitative estimate of drug-likeness (QED) is 0.0281. The van der Waals surface area contributed by atoms with Crippen LogP contribution in [0.3, 0.4) is 0 Å². The van der Waals surface area contributed by atoms with Gasteiger partial charge < -0.3 is 28.8 Å². The van der Waals surface area contributed by atoms with Crippen molar-refractivity contribution >= 4 is 13.7 Å². The molecular formula is C43H83N2O6P. The van der Waals surface area contributed by atoms with Gasteiger partial charge in [0.25, 0.3) is 7.82 Å². The summed E-state index contributed by atoms with van der Waals surface area (Å²) in [6.07, 6.45) is 43.4. The van der Waals surface area contributed by atoms with Crippen molar-refractivity contribution in [2.24, 2.45) is 0 Å². The van der Waals surface area contributed by atoms with Gasteiger partial charge in [0, 0.05) is 6.42 Å². The van der Waals surface area contributed by atoms with Gasteiger partial charge in [-0.3, -0.25) is 9.36 Å². The van der Waals surface area contributed by atoms with E-state index in [1.807, 2.05) is 34.1 Å². The molecular weight excluding hydrogens is 671 g/mol. The lowest BCUT2D eigenvalue weighted by Gasteiger charge is -2.29. The maximum absolute atomic E-state index is 12.3. The van der Waals surface area contributed by atoms with E-state index in [9.17, 15) is 19.4 Å². The van der Waals surface area contributed by atoms with Gasteiger partial charge in [0.1, 0.15) is 13.2 Å². The fraction of sp³-hybridized carbons (Fsp3) is 0.837. The fourth-order valence-electron chi connectivity index (χ4n) is 5.87. The van der Waals surface area contributed by atoms with Gasteiger partial charge in [-0.2, -0.15) is 0 Å². The molecule has 2 N–H and O–H groups in total. The van der Waals surface area contributed by atoms with Crippen LogP contribution in [-0.4, -0.2) is 68.5 Å². The van der Waals surface area contributed by atoms with Crippen molar-refractivity contribution in [3.8, 4) is 0 Å². The molecule has 52 heavy (non-hydrogen) atoms. The minimum atomic E-state index is -4.57. The summed E-state index contributed by atoms with van der Waals surface area (Å²) >= 11 is 0. The van der Waals surface area contributed by atoms with Crippen LogP contribution in [0.2, 0.25) is 0 Å². The number of likely N-dealkylation sites (N-methyl/N-ethyl adjacent to an activating group) is 1. The highest BCUT2D eigenvalue weighted by Crippen LogP contribution is 2.38. The first-order valence-corrected chi connectivity index (χ1v) is 22.8. The Morgan fingerprint density at radius 3 is 1.54 bits per heavy atom. The molecule has 0 radical (unpaired) electrons. The van der Waals surface area contributed by atoms with Gasteiger partial charge in [-0.15, -0.1) is 0 Å². The van der Waals surface area contributed by atoms with Crippen molar-refractivity contribution in [2.45, 2.75) is 193 Å². The van der Waals surface area contributed by atoms with Gasteiger partial charge >= 0.3 is 0 Å². The van der Waals surface area contributed by atoms with Crippen LogP contribution in [0.1, 0.15) is 181 Å². The van der Waals surface area contributed by atoms with Crippen molar-refractivity contribution in [3.63, 3.8) is 0 Å². The second-order valence-corrected chi connectivity index (χ2v) is 17.1. The predicted octanol–water partition coefficient (Wildman–Crippen LogP) is 10.9. The zero-order valence-electron chi connectivity index (χ0n) is 34.5. The minimum Gasteiger partial charge on any atom is -0.756 e. The van der Waals surface area contributed by atoms with Gasteiger partial charge in [0.2, 0.25) is 5.91 Å². The van der Waals surface area contributed by atoms with Crippen LogP contribution in [0.4, 0.5) is 0 Å². The summed E-state index contributed by atoms with van der Waals surface area (Å²) in [5.74, 6) is -0.248. The highest BCUT2D eigenvalue weighted by molar-refractivity contribution is 7.45. The summed E-state index contributed by atoms with van der Waals surface area (Å²) in [6, 6.07) is -0.902. The van der Waals surface area contributed by atoms with Gasteiger partial charge in [-0.05, 0) is 44.9 Å². The SMILES string of the molecule is CCCCCCCCCCCCCCCCCCCC/C=C/CC/C=C/CC/C=C/C(O)C(COP(=O)([O-])OCC[N+](C)(C)C)NC(=O)CCCC. The first-order valence-electron chi connectivity index (χ1n) is 21.4. The van der Waals surface area contributed by atoms with Crippen LogP contribution in [0.5, 0.6) is 0 Å². The number of aliphatic hydroxyl groups is 1. The van der Waals surface area contributed by atoms with E-state index >= 15 is 0 Å². The number of nitrogens with one attached hydrogen (secondary N) is 1. The average Bonchev–Trinajstić information content (AvgIpc) is 3.09. The number of phosphoric acid groups is 1. The third-order valence-electron chi connectivity index (χ3n) is 9.33. The second-order valence-electron chi connectivity index (χ2n) is 15.7. The van der Waals surface area contributed by atoms with Crippen molar-refractivity contribution < 1.29 is 32.9 Å². The topological polar surface area (TPSA) is 108 Å². The standard InChI is InChI=1S/C43H83N2O6P/c1-6-8-10-11-12-13-14-15-16-17-18-19-20-21-22-23-24-25-26-27-28-29-30-31-32-33-34-35-36-42(46)41(44-43(47)37-9-7-2)40-51-52(48,49)50-39-38-45(3,4)5/h27-28,31-32,35-36,41-42,46H,6-26,29-30,33-34,37-40H2,1-5H3,(H-,44,47,48,49)/b28-27+,32-31+,36-35+. The van der Waals surface area contributed by atoms with Crippen LogP contribution in [0, 0.1) is 0 Å². The third-order valence-corrected chi connectivity index (χ3v) is 10.3. The molecule has 3 atom stereocenters. The Bertz CT molecular complexity index is 948.